The predicted octanol–water partition coefficient (Wildman–Crippen LogP) is 3.68. The lowest BCUT2D eigenvalue weighted by Crippen LogP contribution is -2.20. The molecule has 0 aliphatic carbocycles. The molecule has 0 N–H and O–H groups in total. The molecule has 0 saturated heterocycles. The fourth-order valence-electron chi connectivity index (χ4n) is 2.58. The summed E-state index contributed by atoms with van der Waals surface area (Å²) in [5.74, 6) is 1.55. The standard InChI is InChI=1S/C15H19ClO2/c1-9(2)14(10(3)17)8-12-7-13(16)6-11-4-5-18-15(11)12/h6-7,9,14H,4-5,8H2,1-3H3. The largest absolute Gasteiger partial charge is 0.493 e. The minimum absolute atomic E-state index is 0.0387. The molecule has 1 atom stereocenters. The number of halogens is 1. The van der Waals surface area contributed by atoms with Crippen LogP contribution in [0, 0.1) is 11.8 Å². The summed E-state index contributed by atoms with van der Waals surface area (Å²) in [5, 5.41) is 0.736. The smallest absolute Gasteiger partial charge is 0.133 e. The van der Waals surface area contributed by atoms with Crippen molar-refractivity contribution in [3.05, 3.63) is 28.3 Å². The Labute approximate surface area is 113 Å². The molecule has 1 aliphatic rings. The summed E-state index contributed by atoms with van der Waals surface area (Å²) in [7, 11) is 0. The molecular weight excluding hydrogens is 248 g/mol. The third kappa shape index (κ3) is 2.69. The minimum Gasteiger partial charge on any atom is -0.493 e. The van der Waals surface area contributed by atoms with Crippen molar-refractivity contribution in [2.45, 2.75) is 33.6 Å². The van der Waals surface area contributed by atoms with Gasteiger partial charge in [0.25, 0.3) is 0 Å². The van der Waals surface area contributed by atoms with E-state index >= 15 is 0 Å². The summed E-state index contributed by atoms with van der Waals surface area (Å²) in [4.78, 5) is 11.7. The molecule has 1 aromatic carbocycles. The zero-order valence-electron chi connectivity index (χ0n) is 11.1. The maximum Gasteiger partial charge on any atom is 0.133 e. The first-order chi connectivity index (χ1) is 8.49. The van der Waals surface area contributed by atoms with Crippen molar-refractivity contribution < 1.29 is 9.53 Å². The topological polar surface area (TPSA) is 26.3 Å². The van der Waals surface area contributed by atoms with Crippen molar-refractivity contribution in [3.8, 4) is 5.75 Å². The van der Waals surface area contributed by atoms with Crippen molar-refractivity contribution >= 4 is 17.4 Å². The second kappa shape index (κ2) is 5.31. The molecule has 18 heavy (non-hydrogen) atoms. The van der Waals surface area contributed by atoms with E-state index < -0.39 is 0 Å². The molecule has 1 unspecified atom stereocenters. The Hall–Kier alpha value is -1.02. The van der Waals surface area contributed by atoms with E-state index in [2.05, 4.69) is 13.8 Å². The number of fused-ring (bicyclic) bond motifs is 1. The monoisotopic (exact) mass is 266 g/mol. The molecule has 0 bridgehead atoms. The number of carbonyl (C=O) groups excluding carboxylic acids is 1. The van der Waals surface area contributed by atoms with Crippen LogP contribution in [-0.2, 0) is 17.6 Å². The van der Waals surface area contributed by atoms with Crippen LogP contribution in [0.25, 0.3) is 0 Å². The SMILES string of the molecule is CC(=O)C(Cc1cc(Cl)cc2c1OCC2)C(C)C. The Morgan fingerprint density at radius 1 is 1.44 bits per heavy atom. The van der Waals surface area contributed by atoms with Crippen LogP contribution in [0.5, 0.6) is 5.75 Å². The molecular formula is C15H19ClO2. The average molecular weight is 267 g/mol. The van der Waals surface area contributed by atoms with Gasteiger partial charge < -0.3 is 4.74 Å². The zero-order chi connectivity index (χ0) is 13.3. The van der Waals surface area contributed by atoms with Gasteiger partial charge in [0.15, 0.2) is 0 Å². The van der Waals surface area contributed by atoms with Crippen molar-refractivity contribution in [1.82, 2.24) is 0 Å². The quantitative estimate of drug-likeness (QED) is 0.831. The highest BCUT2D eigenvalue weighted by Crippen LogP contribution is 2.35. The average Bonchev–Trinajstić information content (AvgIpc) is 2.72. The summed E-state index contributed by atoms with van der Waals surface area (Å²) in [5.41, 5.74) is 2.24. The Morgan fingerprint density at radius 2 is 2.17 bits per heavy atom. The van der Waals surface area contributed by atoms with Gasteiger partial charge in [0.05, 0.1) is 6.61 Å². The molecule has 1 heterocycles. The van der Waals surface area contributed by atoms with Crippen LogP contribution in [0.1, 0.15) is 31.9 Å². The van der Waals surface area contributed by atoms with Crippen LogP contribution in [0.15, 0.2) is 12.1 Å². The van der Waals surface area contributed by atoms with Crippen LogP contribution in [0.4, 0.5) is 0 Å². The predicted molar refractivity (Wildman–Crippen MR) is 73.4 cm³/mol. The van der Waals surface area contributed by atoms with Crippen molar-refractivity contribution in [2.75, 3.05) is 6.61 Å². The molecule has 98 valence electrons. The molecule has 1 aliphatic heterocycles. The fraction of sp³-hybridized carbons (Fsp3) is 0.533. The van der Waals surface area contributed by atoms with Crippen LogP contribution >= 0.6 is 11.6 Å². The highest BCUT2D eigenvalue weighted by Gasteiger charge is 2.24. The minimum atomic E-state index is 0.0387. The Balaban J connectivity index is 2.31. The van der Waals surface area contributed by atoms with Gasteiger partial charge in [-0.15, -0.1) is 0 Å². The number of rotatable bonds is 4. The Bertz CT molecular complexity index is 466. The maximum absolute atomic E-state index is 11.7. The van der Waals surface area contributed by atoms with Gasteiger partial charge in [-0.3, -0.25) is 4.79 Å². The number of carbonyl (C=O) groups is 1. The van der Waals surface area contributed by atoms with Gasteiger partial charge in [0, 0.05) is 17.4 Å². The molecule has 0 radical (unpaired) electrons. The van der Waals surface area contributed by atoms with E-state index in [1.54, 1.807) is 6.92 Å². The van der Waals surface area contributed by atoms with E-state index in [0.717, 1.165) is 35.8 Å². The summed E-state index contributed by atoms with van der Waals surface area (Å²) in [6.07, 6.45) is 1.63. The van der Waals surface area contributed by atoms with Crippen LogP contribution in [0.3, 0.4) is 0 Å². The van der Waals surface area contributed by atoms with Gasteiger partial charge in [-0.25, -0.2) is 0 Å². The van der Waals surface area contributed by atoms with Gasteiger partial charge in [0.2, 0.25) is 0 Å². The second-order valence-electron chi connectivity index (χ2n) is 5.32. The lowest BCUT2D eigenvalue weighted by atomic mass is 9.85. The third-order valence-corrected chi connectivity index (χ3v) is 3.81. The molecule has 2 rings (SSSR count). The Kier molecular flexibility index (Phi) is 3.96. The number of hydrogen-bond acceptors (Lipinski definition) is 2. The first-order valence-electron chi connectivity index (χ1n) is 6.43. The third-order valence-electron chi connectivity index (χ3n) is 3.59. The number of ketones is 1. The van der Waals surface area contributed by atoms with Crippen molar-refractivity contribution in [3.63, 3.8) is 0 Å². The molecule has 0 amide bonds. The molecule has 1 aromatic rings. The van der Waals surface area contributed by atoms with Crippen molar-refractivity contribution in [2.24, 2.45) is 11.8 Å². The Morgan fingerprint density at radius 3 is 2.78 bits per heavy atom. The lowest BCUT2D eigenvalue weighted by molar-refractivity contribution is -0.121. The first-order valence-corrected chi connectivity index (χ1v) is 6.81. The van der Waals surface area contributed by atoms with E-state index in [0.29, 0.717) is 5.92 Å². The zero-order valence-corrected chi connectivity index (χ0v) is 11.9. The van der Waals surface area contributed by atoms with E-state index in [1.165, 1.54) is 5.56 Å². The lowest BCUT2D eigenvalue weighted by Gasteiger charge is -2.19. The summed E-state index contributed by atoms with van der Waals surface area (Å²) in [6, 6.07) is 3.90. The molecule has 3 heteroatoms. The number of ether oxygens (including phenoxy) is 1. The second-order valence-corrected chi connectivity index (χ2v) is 5.75. The maximum atomic E-state index is 11.7. The fourth-order valence-corrected chi connectivity index (χ4v) is 2.85. The number of hydrogen-bond donors (Lipinski definition) is 0. The van der Waals surface area contributed by atoms with Gasteiger partial charge in [-0.05, 0) is 42.5 Å². The molecule has 2 nitrogen and oxygen atoms in total. The van der Waals surface area contributed by atoms with Crippen LogP contribution in [0.2, 0.25) is 5.02 Å². The number of Topliss-reactive ketones (excluding diaryl/α,β-unsaturated/α-hetero) is 1. The summed E-state index contributed by atoms with van der Waals surface area (Å²) < 4.78 is 5.68. The van der Waals surface area contributed by atoms with E-state index in [-0.39, 0.29) is 11.7 Å². The summed E-state index contributed by atoms with van der Waals surface area (Å²) >= 11 is 6.13. The van der Waals surface area contributed by atoms with Crippen LogP contribution in [-0.4, -0.2) is 12.4 Å². The normalized spacial score (nSPS) is 15.4. The highest BCUT2D eigenvalue weighted by molar-refractivity contribution is 6.30. The van der Waals surface area contributed by atoms with Crippen molar-refractivity contribution in [1.29, 1.82) is 0 Å². The first kappa shape index (κ1) is 13.4. The van der Waals surface area contributed by atoms with Gasteiger partial charge >= 0.3 is 0 Å². The van der Waals surface area contributed by atoms with E-state index in [9.17, 15) is 4.79 Å². The van der Waals surface area contributed by atoms with Crippen LogP contribution < -0.4 is 4.74 Å². The number of benzene rings is 1. The van der Waals surface area contributed by atoms with E-state index in [1.807, 2.05) is 12.1 Å². The highest BCUT2D eigenvalue weighted by atomic mass is 35.5. The van der Waals surface area contributed by atoms with Gasteiger partial charge in [0.1, 0.15) is 11.5 Å². The molecule has 0 saturated carbocycles. The van der Waals surface area contributed by atoms with E-state index in [4.69, 9.17) is 16.3 Å². The molecule has 0 fully saturated rings. The summed E-state index contributed by atoms with van der Waals surface area (Å²) in [6.45, 7) is 6.54. The van der Waals surface area contributed by atoms with Gasteiger partial charge in [-0.1, -0.05) is 25.4 Å². The molecule has 0 spiro atoms. The van der Waals surface area contributed by atoms with Gasteiger partial charge in [-0.2, -0.15) is 0 Å². The molecule has 0 aromatic heterocycles.